The minimum absolute atomic E-state index is 0.242. The normalized spacial score (nSPS) is 13.8. The number of aryl methyl sites for hydroxylation is 2. The molecule has 2 aromatic heterocycles. The van der Waals surface area contributed by atoms with Gasteiger partial charge in [-0.05, 0) is 74.2 Å². The van der Waals surface area contributed by atoms with Gasteiger partial charge in [-0.15, -0.1) is 0 Å². The van der Waals surface area contributed by atoms with Gasteiger partial charge in [0.15, 0.2) is 5.82 Å². The predicted molar refractivity (Wildman–Crippen MR) is 113 cm³/mol. The summed E-state index contributed by atoms with van der Waals surface area (Å²) in [4.78, 5) is 18.8. The van der Waals surface area contributed by atoms with Crippen LogP contribution < -0.4 is 11.1 Å². The van der Waals surface area contributed by atoms with E-state index >= 15 is 0 Å². The standard InChI is InChI=1S/C22H23FN6O/c1-13-9-16(23)4-6-18(13)20-8-7-19(24)21(25-20)26-22(30)29-11-15(12-29)10-17-5-3-14(2)27-28-17/h3-9,15H,10-12,24H2,1-2H3,(H,25,26,30). The lowest BCUT2D eigenvalue weighted by atomic mass is 9.95. The average molecular weight is 406 g/mol. The van der Waals surface area contributed by atoms with Gasteiger partial charge < -0.3 is 10.6 Å². The number of nitrogens with zero attached hydrogens (tertiary/aromatic N) is 4. The van der Waals surface area contributed by atoms with Crippen LogP contribution in [0.1, 0.15) is 17.0 Å². The monoisotopic (exact) mass is 406 g/mol. The Hall–Kier alpha value is -3.55. The Morgan fingerprint density at radius 1 is 1.17 bits per heavy atom. The molecule has 154 valence electrons. The zero-order valence-electron chi connectivity index (χ0n) is 16.9. The van der Waals surface area contributed by atoms with Crippen LogP contribution in [0.25, 0.3) is 11.3 Å². The van der Waals surface area contributed by atoms with Crippen molar-refractivity contribution in [2.75, 3.05) is 24.1 Å². The molecule has 1 aromatic carbocycles. The Bertz CT molecular complexity index is 1080. The fraction of sp³-hybridized carbons (Fsp3) is 0.273. The van der Waals surface area contributed by atoms with Crippen molar-refractivity contribution in [2.24, 2.45) is 5.92 Å². The van der Waals surface area contributed by atoms with Crippen LogP contribution in [0.2, 0.25) is 0 Å². The number of rotatable bonds is 4. The first-order valence-electron chi connectivity index (χ1n) is 9.77. The van der Waals surface area contributed by atoms with Crippen LogP contribution in [0.15, 0.2) is 42.5 Å². The number of halogens is 1. The first-order valence-corrected chi connectivity index (χ1v) is 9.77. The molecule has 1 aliphatic heterocycles. The Morgan fingerprint density at radius 2 is 1.97 bits per heavy atom. The van der Waals surface area contributed by atoms with Crippen molar-refractivity contribution in [2.45, 2.75) is 20.3 Å². The van der Waals surface area contributed by atoms with Crippen molar-refractivity contribution in [1.29, 1.82) is 0 Å². The Balaban J connectivity index is 1.39. The van der Waals surface area contributed by atoms with Crippen molar-refractivity contribution in [3.63, 3.8) is 0 Å². The Labute approximate surface area is 174 Å². The summed E-state index contributed by atoms with van der Waals surface area (Å²) >= 11 is 0. The van der Waals surface area contributed by atoms with E-state index in [0.29, 0.717) is 36.2 Å². The van der Waals surface area contributed by atoms with Gasteiger partial charge in [0.05, 0.1) is 22.8 Å². The van der Waals surface area contributed by atoms with E-state index < -0.39 is 0 Å². The molecule has 1 fully saturated rings. The molecule has 3 N–H and O–H groups in total. The van der Waals surface area contributed by atoms with Gasteiger partial charge in [0, 0.05) is 18.7 Å². The number of carbonyl (C=O) groups is 1. The fourth-order valence-electron chi connectivity index (χ4n) is 3.51. The molecule has 4 rings (SSSR count). The zero-order chi connectivity index (χ0) is 21.3. The van der Waals surface area contributed by atoms with Crippen LogP contribution in [-0.4, -0.2) is 39.2 Å². The third-order valence-electron chi connectivity index (χ3n) is 5.21. The highest BCUT2D eigenvalue weighted by atomic mass is 19.1. The quantitative estimate of drug-likeness (QED) is 0.690. The van der Waals surface area contributed by atoms with Crippen LogP contribution in [0.3, 0.4) is 0 Å². The highest BCUT2D eigenvalue weighted by Crippen LogP contribution is 2.27. The maximum Gasteiger partial charge on any atom is 0.323 e. The smallest absolute Gasteiger partial charge is 0.323 e. The summed E-state index contributed by atoms with van der Waals surface area (Å²) < 4.78 is 13.4. The summed E-state index contributed by atoms with van der Waals surface area (Å²) in [6.45, 7) is 4.99. The zero-order valence-corrected chi connectivity index (χ0v) is 16.9. The van der Waals surface area contributed by atoms with Crippen LogP contribution in [0.4, 0.5) is 20.7 Å². The summed E-state index contributed by atoms with van der Waals surface area (Å²) in [7, 11) is 0. The number of nitrogen functional groups attached to an aromatic ring is 1. The number of carbonyl (C=O) groups excluding carboxylic acids is 1. The molecule has 3 heterocycles. The summed E-state index contributed by atoms with van der Waals surface area (Å²) in [5.74, 6) is 0.351. The van der Waals surface area contributed by atoms with Gasteiger partial charge in [0.1, 0.15) is 5.82 Å². The lowest BCUT2D eigenvalue weighted by Crippen LogP contribution is -2.52. The van der Waals surface area contributed by atoms with Gasteiger partial charge in [-0.25, -0.2) is 14.2 Å². The minimum atomic E-state index is -0.302. The fourth-order valence-corrected chi connectivity index (χ4v) is 3.51. The molecule has 0 atom stereocenters. The van der Waals surface area contributed by atoms with E-state index in [-0.39, 0.29) is 11.8 Å². The summed E-state index contributed by atoms with van der Waals surface area (Å²) in [5, 5.41) is 11.0. The van der Waals surface area contributed by atoms with E-state index in [2.05, 4.69) is 20.5 Å². The molecule has 30 heavy (non-hydrogen) atoms. The number of likely N-dealkylation sites (tertiary alicyclic amines) is 1. The SMILES string of the molecule is Cc1ccc(CC2CN(C(=O)Nc3nc(-c4ccc(F)cc4C)ccc3N)C2)nn1. The molecule has 0 unspecified atom stereocenters. The number of amides is 2. The van der Waals surface area contributed by atoms with Crippen molar-refractivity contribution < 1.29 is 9.18 Å². The number of hydrogen-bond donors (Lipinski definition) is 2. The first kappa shape index (κ1) is 19.8. The number of benzene rings is 1. The molecule has 2 amide bonds. The van der Waals surface area contributed by atoms with E-state index in [4.69, 9.17) is 5.73 Å². The van der Waals surface area contributed by atoms with Crippen molar-refractivity contribution in [3.05, 3.63) is 65.2 Å². The van der Waals surface area contributed by atoms with Crippen molar-refractivity contribution >= 4 is 17.5 Å². The first-order chi connectivity index (χ1) is 14.4. The average Bonchev–Trinajstić information content (AvgIpc) is 2.67. The molecule has 0 aliphatic carbocycles. The van der Waals surface area contributed by atoms with E-state index in [1.54, 1.807) is 23.1 Å². The highest BCUT2D eigenvalue weighted by Gasteiger charge is 2.31. The van der Waals surface area contributed by atoms with Gasteiger partial charge >= 0.3 is 6.03 Å². The maximum absolute atomic E-state index is 13.4. The maximum atomic E-state index is 13.4. The molecule has 0 radical (unpaired) electrons. The van der Waals surface area contributed by atoms with Crippen molar-refractivity contribution in [1.82, 2.24) is 20.1 Å². The van der Waals surface area contributed by atoms with Crippen LogP contribution in [0, 0.1) is 25.6 Å². The number of aromatic nitrogens is 3. The van der Waals surface area contributed by atoms with E-state index in [9.17, 15) is 9.18 Å². The van der Waals surface area contributed by atoms with Gasteiger partial charge in [-0.2, -0.15) is 10.2 Å². The summed E-state index contributed by atoms with van der Waals surface area (Å²) in [6, 6.07) is 11.6. The second kappa shape index (κ2) is 8.06. The van der Waals surface area contributed by atoms with E-state index in [0.717, 1.165) is 28.9 Å². The molecule has 0 saturated carbocycles. The minimum Gasteiger partial charge on any atom is -0.396 e. The van der Waals surface area contributed by atoms with Crippen LogP contribution in [0.5, 0.6) is 0 Å². The number of pyridine rings is 1. The number of anilines is 2. The van der Waals surface area contributed by atoms with Gasteiger partial charge in [0.25, 0.3) is 0 Å². The Kier molecular flexibility index (Phi) is 5.31. The van der Waals surface area contributed by atoms with Gasteiger partial charge in [0.2, 0.25) is 0 Å². The van der Waals surface area contributed by atoms with Crippen LogP contribution in [-0.2, 0) is 6.42 Å². The van der Waals surface area contributed by atoms with Gasteiger partial charge in [-0.1, -0.05) is 0 Å². The topological polar surface area (TPSA) is 97.0 Å². The molecular weight excluding hydrogens is 383 g/mol. The molecule has 0 bridgehead atoms. The lowest BCUT2D eigenvalue weighted by Gasteiger charge is -2.39. The molecule has 1 aliphatic rings. The largest absolute Gasteiger partial charge is 0.396 e. The third-order valence-corrected chi connectivity index (χ3v) is 5.21. The number of nitrogens with one attached hydrogen (secondary N) is 1. The third kappa shape index (κ3) is 4.22. The van der Waals surface area contributed by atoms with Crippen molar-refractivity contribution in [3.8, 4) is 11.3 Å². The molecule has 1 saturated heterocycles. The summed E-state index contributed by atoms with van der Waals surface area (Å²) in [6.07, 6.45) is 0.788. The molecule has 7 nitrogen and oxygen atoms in total. The lowest BCUT2D eigenvalue weighted by molar-refractivity contribution is 0.130. The number of hydrogen-bond acceptors (Lipinski definition) is 5. The molecular formula is C22H23FN6O. The Morgan fingerprint density at radius 3 is 2.67 bits per heavy atom. The number of nitrogens with two attached hydrogens (primary N) is 1. The summed E-state index contributed by atoms with van der Waals surface area (Å²) in [5.41, 5.74) is 10.4. The number of urea groups is 1. The predicted octanol–water partition coefficient (Wildman–Crippen LogP) is 3.58. The second-order valence-electron chi connectivity index (χ2n) is 7.66. The van der Waals surface area contributed by atoms with Crippen LogP contribution >= 0.6 is 0 Å². The second-order valence-corrected chi connectivity index (χ2v) is 7.66. The molecule has 0 spiro atoms. The molecule has 8 heteroatoms. The van der Waals surface area contributed by atoms with Gasteiger partial charge in [-0.3, -0.25) is 5.32 Å². The van der Waals surface area contributed by atoms with E-state index in [1.165, 1.54) is 12.1 Å². The molecule has 3 aromatic rings. The highest BCUT2D eigenvalue weighted by molar-refractivity contribution is 5.92. The van der Waals surface area contributed by atoms with E-state index in [1.807, 2.05) is 26.0 Å².